The van der Waals surface area contributed by atoms with Crippen molar-refractivity contribution in [2.24, 2.45) is 4.99 Å². The molecule has 0 saturated heterocycles. The van der Waals surface area contributed by atoms with E-state index in [9.17, 15) is 0 Å². The van der Waals surface area contributed by atoms with Gasteiger partial charge < -0.3 is 5.32 Å². The van der Waals surface area contributed by atoms with Crippen LogP contribution in [0.4, 0.5) is 5.82 Å². The number of nitrogens with zero attached hydrogens (tertiary/aromatic N) is 4. The lowest BCUT2D eigenvalue weighted by Gasteiger charge is -2.17. The van der Waals surface area contributed by atoms with Gasteiger partial charge in [0.1, 0.15) is 5.82 Å². The van der Waals surface area contributed by atoms with Crippen LogP contribution < -0.4 is 5.32 Å². The first kappa shape index (κ1) is 14.3. The molecule has 1 N–H and O–H groups in total. The predicted octanol–water partition coefficient (Wildman–Crippen LogP) is 3.08. The average Bonchev–Trinajstić information content (AvgIpc) is 3.20. The van der Waals surface area contributed by atoms with Crippen LogP contribution in [0.2, 0.25) is 0 Å². The minimum absolute atomic E-state index is 0.265. The molecule has 116 valence electrons. The number of hydrogen-bond donors (Lipinski definition) is 1. The van der Waals surface area contributed by atoms with Crippen LogP contribution in [0.3, 0.4) is 0 Å². The zero-order chi connectivity index (χ0) is 15.8. The molecule has 6 heteroatoms. The van der Waals surface area contributed by atoms with E-state index in [-0.39, 0.29) is 6.04 Å². The SMILES string of the molecule is CNc1cc(C2=CC3SC=NC3C=C2)n(-c2cccc(C)n2)n1. The van der Waals surface area contributed by atoms with Crippen molar-refractivity contribution >= 4 is 28.7 Å². The van der Waals surface area contributed by atoms with Crippen LogP contribution in [0.1, 0.15) is 11.4 Å². The summed E-state index contributed by atoms with van der Waals surface area (Å²) in [7, 11) is 1.88. The third-order valence-electron chi connectivity index (χ3n) is 3.96. The highest BCUT2D eigenvalue weighted by molar-refractivity contribution is 8.13. The summed E-state index contributed by atoms with van der Waals surface area (Å²) in [6.45, 7) is 1.99. The first-order valence-corrected chi connectivity index (χ1v) is 8.48. The normalized spacial score (nSPS) is 22.1. The Hall–Kier alpha value is -2.34. The molecule has 2 aliphatic rings. The summed E-state index contributed by atoms with van der Waals surface area (Å²) in [5.41, 5.74) is 5.11. The lowest BCUT2D eigenvalue weighted by molar-refractivity contribution is 0.826. The number of nitrogens with one attached hydrogen (secondary N) is 1. The monoisotopic (exact) mass is 323 g/mol. The second-order valence-electron chi connectivity index (χ2n) is 5.54. The molecule has 3 heterocycles. The Balaban J connectivity index is 1.80. The molecular formula is C17H17N5S. The van der Waals surface area contributed by atoms with E-state index in [0.717, 1.165) is 28.6 Å². The number of hydrogen-bond acceptors (Lipinski definition) is 5. The van der Waals surface area contributed by atoms with Gasteiger partial charge in [-0.15, -0.1) is 16.9 Å². The Morgan fingerprint density at radius 1 is 1.30 bits per heavy atom. The molecule has 2 unspecified atom stereocenters. The second kappa shape index (κ2) is 5.70. The number of rotatable bonds is 3. The molecule has 0 amide bonds. The number of anilines is 1. The maximum absolute atomic E-state index is 4.63. The number of fused-ring (bicyclic) bond motifs is 1. The topological polar surface area (TPSA) is 55.1 Å². The van der Waals surface area contributed by atoms with Gasteiger partial charge in [-0.1, -0.05) is 24.3 Å². The molecule has 0 fully saturated rings. The van der Waals surface area contributed by atoms with Gasteiger partial charge in [0.05, 0.1) is 22.5 Å². The minimum atomic E-state index is 0.265. The number of aliphatic imine (C=N–C) groups is 1. The summed E-state index contributed by atoms with van der Waals surface area (Å²) in [5, 5.41) is 8.12. The molecule has 1 aliphatic heterocycles. The van der Waals surface area contributed by atoms with Gasteiger partial charge in [0.15, 0.2) is 5.82 Å². The molecule has 0 bridgehead atoms. The summed E-state index contributed by atoms with van der Waals surface area (Å²) in [5.74, 6) is 1.66. The van der Waals surface area contributed by atoms with Gasteiger partial charge in [-0.2, -0.15) is 0 Å². The van der Waals surface area contributed by atoms with Crippen molar-refractivity contribution in [1.29, 1.82) is 0 Å². The summed E-state index contributed by atoms with van der Waals surface area (Å²) >= 11 is 1.76. The average molecular weight is 323 g/mol. The molecule has 4 rings (SSSR count). The highest BCUT2D eigenvalue weighted by Crippen LogP contribution is 2.33. The summed E-state index contributed by atoms with van der Waals surface area (Å²) in [4.78, 5) is 9.06. The predicted molar refractivity (Wildman–Crippen MR) is 96.4 cm³/mol. The van der Waals surface area contributed by atoms with E-state index < -0.39 is 0 Å². The lowest BCUT2D eigenvalue weighted by atomic mass is 10.0. The first-order chi connectivity index (χ1) is 11.2. The fourth-order valence-corrected chi connectivity index (χ4v) is 3.67. The van der Waals surface area contributed by atoms with E-state index in [1.165, 1.54) is 0 Å². The van der Waals surface area contributed by atoms with Crippen LogP contribution in [-0.4, -0.2) is 38.7 Å². The number of aryl methyl sites for hydroxylation is 1. The van der Waals surface area contributed by atoms with Gasteiger partial charge in [-0.05, 0) is 24.6 Å². The third kappa shape index (κ3) is 2.59. The minimum Gasteiger partial charge on any atom is -0.372 e. The molecule has 2 aromatic rings. The van der Waals surface area contributed by atoms with Crippen LogP contribution in [0, 0.1) is 6.92 Å². The van der Waals surface area contributed by atoms with Crippen molar-refractivity contribution in [2.45, 2.75) is 18.2 Å². The number of allylic oxidation sites excluding steroid dienone is 2. The van der Waals surface area contributed by atoms with Gasteiger partial charge in [0.2, 0.25) is 0 Å². The molecule has 1 aliphatic carbocycles. The summed E-state index contributed by atoms with van der Waals surface area (Å²) < 4.78 is 1.90. The van der Waals surface area contributed by atoms with Gasteiger partial charge in [0.25, 0.3) is 0 Å². The highest BCUT2D eigenvalue weighted by Gasteiger charge is 2.25. The van der Waals surface area contributed by atoms with Crippen molar-refractivity contribution in [3.05, 3.63) is 53.9 Å². The van der Waals surface area contributed by atoms with E-state index in [4.69, 9.17) is 0 Å². The Bertz CT molecular complexity index is 833. The fourth-order valence-electron chi connectivity index (χ4n) is 2.77. The van der Waals surface area contributed by atoms with Crippen LogP contribution in [0.15, 0.2) is 47.5 Å². The van der Waals surface area contributed by atoms with Crippen LogP contribution in [-0.2, 0) is 0 Å². The summed E-state index contributed by atoms with van der Waals surface area (Å²) in [6, 6.07) is 8.29. The molecular weight excluding hydrogens is 306 g/mol. The van der Waals surface area contributed by atoms with E-state index in [1.807, 2.05) is 42.4 Å². The molecule has 23 heavy (non-hydrogen) atoms. The van der Waals surface area contributed by atoms with Gasteiger partial charge >= 0.3 is 0 Å². The van der Waals surface area contributed by atoms with E-state index in [0.29, 0.717) is 5.25 Å². The van der Waals surface area contributed by atoms with Crippen molar-refractivity contribution < 1.29 is 0 Å². The first-order valence-electron chi connectivity index (χ1n) is 7.54. The smallest absolute Gasteiger partial charge is 0.154 e. The second-order valence-corrected chi connectivity index (χ2v) is 6.57. The zero-order valence-electron chi connectivity index (χ0n) is 13.0. The molecule has 0 saturated carbocycles. The Kier molecular flexibility index (Phi) is 3.53. The highest BCUT2D eigenvalue weighted by atomic mass is 32.2. The van der Waals surface area contributed by atoms with E-state index >= 15 is 0 Å². The third-order valence-corrected chi connectivity index (χ3v) is 4.93. The van der Waals surface area contributed by atoms with Crippen molar-refractivity contribution in [3.63, 3.8) is 0 Å². The van der Waals surface area contributed by atoms with Gasteiger partial charge in [-0.25, -0.2) is 9.67 Å². The molecule has 2 aromatic heterocycles. The number of aromatic nitrogens is 3. The molecule has 2 atom stereocenters. The Morgan fingerprint density at radius 2 is 2.22 bits per heavy atom. The maximum atomic E-state index is 4.63. The number of pyridine rings is 1. The van der Waals surface area contributed by atoms with Gasteiger partial charge in [0, 0.05) is 18.8 Å². The standard InChI is InChI=1S/C17H17N5S/c1-11-4-3-5-17(20-11)22-14(9-16(18-2)21-22)12-6-7-13-15(8-12)23-10-19-13/h3-10,13,15H,1-2H3,(H,18,21). The Morgan fingerprint density at radius 3 is 3.04 bits per heavy atom. The van der Waals surface area contributed by atoms with Crippen molar-refractivity contribution in [1.82, 2.24) is 14.8 Å². The van der Waals surface area contributed by atoms with Crippen LogP contribution in [0.25, 0.3) is 11.4 Å². The fraction of sp³-hybridized carbons (Fsp3) is 0.235. The van der Waals surface area contributed by atoms with E-state index in [2.05, 4.69) is 44.7 Å². The molecule has 0 aromatic carbocycles. The summed E-state index contributed by atoms with van der Waals surface area (Å²) in [6.07, 6.45) is 6.56. The van der Waals surface area contributed by atoms with E-state index in [1.54, 1.807) is 11.8 Å². The number of thioether (sulfide) groups is 1. The largest absolute Gasteiger partial charge is 0.372 e. The van der Waals surface area contributed by atoms with Crippen LogP contribution in [0.5, 0.6) is 0 Å². The maximum Gasteiger partial charge on any atom is 0.154 e. The molecule has 5 nitrogen and oxygen atoms in total. The zero-order valence-corrected chi connectivity index (χ0v) is 13.8. The van der Waals surface area contributed by atoms with Crippen molar-refractivity contribution in [2.75, 3.05) is 12.4 Å². The van der Waals surface area contributed by atoms with Crippen molar-refractivity contribution in [3.8, 4) is 5.82 Å². The van der Waals surface area contributed by atoms with Crippen LogP contribution >= 0.6 is 11.8 Å². The lowest BCUT2D eigenvalue weighted by Crippen LogP contribution is -2.16. The molecule has 0 radical (unpaired) electrons. The molecule has 0 spiro atoms. The van der Waals surface area contributed by atoms with Gasteiger partial charge in [-0.3, -0.25) is 4.99 Å². The Labute approximate surface area is 139 Å². The quantitative estimate of drug-likeness (QED) is 0.943.